The third-order valence-electron chi connectivity index (χ3n) is 1.86. The molecule has 0 saturated carbocycles. The zero-order valence-corrected chi connectivity index (χ0v) is 8.88. The summed E-state index contributed by atoms with van der Waals surface area (Å²) < 4.78 is 1.74. The van der Waals surface area contributed by atoms with Crippen molar-refractivity contribution < 1.29 is 0 Å². The van der Waals surface area contributed by atoms with Gasteiger partial charge < -0.3 is 5.32 Å². The van der Waals surface area contributed by atoms with Crippen molar-refractivity contribution in [1.82, 2.24) is 19.7 Å². The van der Waals surface area contributed by atoms with Crippen molar-refractivity contribution in [2.75, 3.05) is 5.32 Å². The summed E-state index contributed by atoms with van der Waals surface area (Å²) in [5.74, 6) is 1.55. The Labute approximate surface area is 85.8 Å². The quantitative estimate of drug-likeness (QED) is 0.825. The number of rotatable bonds is 3. The average molecular weight is 209 g/mol. The number of thiazole rings is 1. The molecule has 0 aliphatic rings. The fraction of sp³-hybridized carbons (Fsp3) is 0.375. The predicted octanol–water partition coefficient (Wildman–Crippen LogP) is 1.19. The highest BCUT2D eigenvalue weighted by atomic mass is 32.1. The van der Waals surface area contributed by atoms with Crippen molar-refractivity contribution in [1.29, 1.82) is 0 Å². The van der Waals surface area contributed by atoms with Gasteiger partial charge in [0, 0.05) is 18.6 Å². The Hall–Kier alpha value is -1.43. The Morgan fingerprint density at radius 3 is 3.00 bits per heavy atom. The molecule has 0 fully saturated rings. The van der Waals surface area contributed by atoms with E-state index in [9.17, 15) is 0 Å². The van der Waals surface area contributed by atoms with E-state index >= 15 is 0 Å². The van der Waals surface area contributed by atoms with E-state index in [0.717, 1.165) is 10.8 Å². The summed E-state index contributed by atoms with van der Waals surface area (Å²) in [5, 5.41) is 10.3. The van der Waals surface area contributed by atoms with Crippen LogP contribution >= 0.6 is 11.3 Å². The molecule has 14 heavy (non-hydrogen) atoms. The summed E-state index contributed by atoms with van der Waals surface area (Å²) in [6, 6.07) is 0. The summed E-state index contributed by atoms with van der Waals surface area (Å²) in [5.41, 5.74) is 0. The van der Waals surface area contributed by atoms with Gasteiger partial charge in [-0.3, -0.25) is 4.68 Å². The van der Waals surface area contributed by atoms with E-state index in [2.05, 4.69) is 20.4 Å². The third kappa shape index (κ3) is 1.90. The zero-order valence-electron chi connectivity index (χ0n) is 8.06. The SMILES string of the molecule is Cc1nc(NCc2nccs2)nn1C. The first kappa shape index (κ1) is 9.14. The van der Waals surface area contributed by atoms with Gasteiger partial charge in [0.2, 0.25) is 5.95 Å². The van der Waals surface area contributed by atoms with Crippen LogP contribution in [0.5, 0.6) is 0 Å². The fourth-order valence-electron chi connectivity index (χ4n) is 1.03. The average Bonchev–Trinajstić information content (AvgIpc) is 2.74. The van der Waals surface area contributed by atoms with Crippen LogP contribution in [0.4, 0.5) is 5.95 Å². The molecule has 2 rings (SSSR count). The van der Waals surface area contributed by atoms with E-state index in [0.29, 0.717) is 12.5 Å². The second-order valence-electron chi connectivity index (χ2n) is 2.89. The Morgan fingerprint density at radius 2 is 2.43 bits per heavy atom. The first-order valence-corrected chi connectivity index (χ1v) is 5.13. The van der Waals surface area contributed by atoms with Gasteiger partial charge in [0.15, 0.2) is 0 Å². The maximum atomic E-state index is 4.23. The van der Waals surface area contributed by atoms with Crippen molar-refractivity contribution in [2.45, 2.75) is 13.5 Å². The summed E-state index contributed by atoms with van der Waals surface area (Å²) in [4.78, 5) is 8.38. The smallest absolute Gasteiger partial charge is 0.242 e. The minimum atomic E-state index is 0.653. The number of hydrogen-bond acceptors (Lipinski definition) is 5. The van der Waals surface area contributed by atoms with Gasteiger partial charge in [-0.15, -0.1) is 16.4 Å². The molecule has 0 unspecified atom stereocenters. The topological polar surface area (TPSA) is 55.6 Å². The van der Waals surface area contributed by atoms with Crippen LogP contribution in [0, 0.1) is 6.92 Å². The number of anilines is 1. The fourth-order valence-corrected chi connectivity index (χ4v) is 1.59. The molecule has 0 amide bonds. The van der Waals surface area contributed by atoms with Crippen LogP contribution in [0.1, 0.15) is 10.8 Å². The molecular weight excluding hydrogens is 198 g/mol. The van der Waals surface area contributed by atoms with E-state index < -0.39 is 0 Å². The molecule has 0 aliphatic carbocycles. The lowest BCUT2D eigenvalue weighted by atomic mass is 10.6. The van der Waals surface area contributed by atoms with Gasteiger partial charge in [-0.2, -0.15) is 4.98 Å². The summed E-state index contributed by atoms with van der Waals surface area (Å²) in [6.45, 7) is 2.60. The molecule has 0 spiro atoms. The Bertz CT molecular complexity index is 386. The molecular formula is C8H11N5S. The molecule has 2 aromatic rings. The van der Waals surface area contributed by atoms with Crippen LogP contribution in [-0.2, 0) is 13.6 Å². The maximum absolute atomic E-state index is 4.23. The van der Waals surface area contributed by atoms with Crippen LogP contribution in [0.15, 0.2) is 11.6 Å². The molecule has 0 atom stereocenters. The second kappa shape index (κ2) is 3.75. The summed E-state index contributed by atoms with van der Waals surface area (Å²) in [7, 11) is 1.87. The molecule has 5 nitrogen and oxygen atoms in total. The van der Waals surface area contributed by atoms with Crippen LogP contribution in [0.3, 0.4) is 0 Å². The molecule has 0 bridgehead atoms. The van der Waals surface area contributed by atoms with Gasteiger partial charge in [-0.1, -0.05) is 0 Å². The van der Waals surface area contributed by atoms with E-state index in [-0.39, 0.29) is 0 Å². The summed E-state index contributed by atoms with van der Waals surface area (Å²) >= 11 is 1.62. The van der Waals surface area contributed by atoms with Crippen LogP contribution in [-0.4, -0.2) is 19.7 Å². The summed E-state index contributed by atoms with van der Waals surface area (Å²) in [6.07, 6.45) is 1.79. The van der Waals surface area contributed by atoms with Crippen molar-refractivity contribution in [3.05, 3.63) is 22.4 Å². The van der Waals surface area contributed by atoms with E-state index in [1.54, 1.807) is 22.2 Å². The lowest BCUT2D eigenvalue weighted by Crippen LogP contribution is -2.01. The lowest BCUT2D eigenvalue weighted by molar-refractivity contribution is 0.735. The highest BCUT2D eigenvalue weighted by Crippen LogP contribution is 2.07. The first-order chi connectivity index (χ1) is 6.75. The number of aromatic nitrogens is 4. The largest absolute Gasteiger partial charge is 0.346 e. The van der Waals surface area contributed by atoms with Gasteiger partial charge in [0.05, 0.1) is 6.54 Å². The first-order valence-electron chi connectivity index (χ1n) is 4.25. The highest BCUT2D eigenvalue weighted by Gasteiger charge is 2.02. The molecule has 2 heterocycles. The molecule has 0 aliphatic heterocycles. The number of aryl methyl sites for hydroxylation is 2. The van der Waals surface area contributed by atoms with Crippen molar-refractivity contribution in [3.63, 3.8) is 0 Å². The number of nitrogens with zero attached hydrogens (tertiary/aromatic N) is 4. The van der Waals surface area contributed by atoms with Gasteiger partial charge in [-0.25, -0.2) is 4.98 Å². The second-order valence-corrected chi connectivity index (χ2v) is 3.86. The van der Waals surface area contributed by atoms with Gasteiger partial charge in [0.1, 0.15) is 10.8 Å². The molecule has 1 N–H and O–H groups in total. The van der Waals surface area contributed by atoms with Crippen LogP contribution in [0.2, 0.25) is 0 Å². The highest BCUT2D eigenvalue weighted by molar-refractivity contribution is 7.09. The molecule has 2 aromatic heterocycles. The lowest BCUT2D eigenvalue weighted by Gasteiger charge is -1.96. The van der Waals surface area contributed by atoms with Crippen molar-refractivity contribution in [2.24, 2.45) is 7.05 Å². The minimum Gasteiger partial charge on any atom is -0.346 e. The Balaban J connectivity index is 1.98. The maximum Gasteiger partial charge on any atom is 0.242 e. The Kier molecular flexibility index (Phi) is 2.45. The molecule has 6 heteroatoms. The van der Waals surface area contributed by atoms with Gasteiger partial charge in [0.25, 0.3) is 0 Å². The third-order valence-corrected chi connectivity index (χ3v) is 2.64. The van der Waals surface area contributed by atoms with Crippen molar-refractivity contribution >= 4 is 17.3 Å². The van der Waals surface area contributed by atoms with E-state index in [4.69, 9.17) is 0 Å². The van der Waals surface area contributed by atoms with E-state index in [1.165, 1.54) is 0 Å². The van der Waals surface area contributed by atoms with Crippen molar-refractivity contribution in [3.8, 4) is 0 Å². The molecule has 0 radical (unpaired) electrons. The van der Waals surface area contributed by atoms with Gasteiger partial charge >= 0.3 is 0 Å². The zero-order chi connectivity index (χ0) is 9.97. The number of nitrogens with one attached hydrogen (secondary N) is 1. The molecule has 0 aromatic carbocycles. The Morgan fingerprint density at radius 1 is 1.57 bits per heavy atom. The monoisotopic (exact) mass is 209 g/mol. The van der Waals surface area contributed by atoms with Crippen LogP contribution in [0.25, 0.3) is 0 Å². The molecule has 0 saturated heterocycles. The number of hydrogen-bond donors (Lipinski definition) is 1. The van der Waals surface area contributed by atoms with Gasteiger partial charge in [-0.05, 0) is 6.92 Å². The molecule has 74 valence electrons. The van der Waals surface area contributed by atoms with Crippen LogP contribution < -0.4 is 5.32 Å². The normalized spacial score (nSPS) is 10.4. The predicted molar refractivity (Wildman–Crippen MR) is 55.2 cm³/mol. The standard InChI is InChI=1S/C8H11N5S/c1-6-11-8(12-13(6)2)10-5-7-9-3-4-14-7/h3-4H,5H2,1-2H3,(H,10,12). The van der Waals surface area contributed by atoms with E-state index in [1.807, 2.05) is 19.4 Å². The minimum absolute atomic E-state index is 0.653.